The van der Waals surface area contributed by atoms with Gasteiger partial charge in [0.2, 0.25) is 0 Å². The number of alkyl halides is 3. The Morgan fingerprint density at radius 3 is 2.30 bits per heavy atom. The van der Waals surface area contributed by atoms with Gasteiger partial charge < -0.3 is 0 Å². The van der Waals surface area contributed by atoms with Gasteiger partial charge in [-0.3, -0.25) is 0 Å². The van der Waals surface area contributed by atoms with Gasteiger partial charge in [0.15, 0.2) is 0 Å². The minimum atomic E-state index is -4.46. The minimum Gasteiger partial charge on any atom is -0.207 e. The van der Waals surface area contributed by atoms with Crippen LogP contribution in [0.25, 0.3) is 6.08 Å². The van der Waals surface area contributed by atoms with Gasteiger partial charge in [-0.25, -0.2) is 4.39 Å². The summed E-state index contributed by atoms with van der Waals surface area (Å²) in [5.41, 5.74) is 1.53. The highest BCUT2D eigenvalue weighted by Crippen LogP contribution is 2.37. The molecule has 0 fully saturated rings. The first-order chi connectivity index (χ1) is 10.7. The third-order valence-corrected chi connectivity index (χ3v) is 3.67. The van der Waals surface area contributed by atoms with Crippen LogP contribution in [-0.4, -0.2) is 6.18 Å². The second-order valence-electron chi connectivity index (χ2n) is 5.45. The average Bonchev–Trinajstić information content (AvgIpc) is 2.40. The zero-order valence-corrected chi connectivity index (χ0v) is 13.3. The molecule has 0 aliphatic carbocycles. The van der Waals surface area contributed by atoms with Gasteiger partial charge in [-0.05, 0) is 54.3 Å². The highest BCUT2D eigenvalue weighted by Gasteiger charge is 2.39. The quantitative estimate of drug-likeness (QED) is 0.562. The first-order valence-corrected chi connectivity index (χ1v) is 7.33. The molecule has 0 saturated carbocycles. The lowest BCUT2D eigenvalue weighted by atomic mass is 9.95. The number of hydrogen-bond acceptors (Lipinski definition) is 0. The minimum absolute atomic E-state index is 0.0614. The van der Waals surface area contributed by atoms with E-state index in [0.29, 0.717) is 16.7 Å². The van der Waals surface area contributed by atoms with E-state index in [-0.39, 0.29) is 10.6 Å². The molecule has 0 heterocycles. The number of benzene rings is 2. The summed E-state index contributed by atoms with van der Waals surface area (Å²) in [7, 11) is 0. The van der Waals surface area contributed by atoms with Crippen LogP contribution in [0.2, 0.25) is 5.02 Å². The molecule has 5 heteroatoms. The van der Waals surface area contributed by atoms with Crippen molar-refractivity contribution >= 4 is 17.7 Å². The van der Waals surface area contributed by atoms with Crippen LogP contribution in [0.4, 0.5) is 17.6 Å². The summed E-state index contributed by atoms with van der Waals surface area (Å²) in [6, 6.07) is 8.66. The van der Waals surface area contributed by atoms with Crippen LogP contribution in [0.5, 0.6) is 0 Å². The van der Waals surface area contributed by atoms with Crippen LogP contribution in [0.15, 0.2) is 42.5 Å². The highest BCUT2D eigenvalue weighted by atomic mass is 35.5. The molecular weight excluding hydrogens is 328 g/mol. The third-order valence-electron chi connectivity index (χ3n) is 3.45. The van der Waals surface area contributed by atoms with Gasteiger partial charge in [0, 0.05) is 5.02 Å². The number of rotatable bonds is 3. The summed E-state index contributed by atoms with van der Waals surface area (Å²) in [5.74, 6) is -2.25. The summed E-state index contributed by atoms with van der Waals surface area (Å²) in [4.78, 5) is 0. The number of hydrogen-bond donors (Lipinski definition) is 0. The van der Waals surface area contributed by atoms with E-state index < -0.39 is 17.9 Å². The molecule has 0 bridgehead atoms. The summed E-state index contributed by atoms with van der Waals surface area (Å²) in [6.07, 6.45) is -2.16. The summed E-state index contributed by atoms with van der Waals surface area (Å²) in [6.45, 7) is 3.28. The molecule has 0 aliphatic heterocycles. The fourth-order valence-electron chi connectivity index (χ4n) is 2.27. The summed E-state index contributed by atoms with van der Waals surface area (Å²) in [5, 5.41) is 0.254. The van der Waals surface area contributed by atoms with Gasteiger partial charge in [-0.2, -0.15) is 13.2 Å². The molecule has 0 aromatic heterocycles. The monoisotopic (exact) mass is 342 g/mol. The predicted molar refractivity (Wildman–Crippen MR) is 85.2 cm³/mol. The lowest BCUT2D eigenvalue weighted by molar-refractivity contribution is -0.139. The topological polar surface area (TPSA) is 0 Å². The standard InChI is InChI=1S/C18H15ClF4/c1-11-7-14(10-15(19)8-11)16(18(21,22)23)6-5-13-4-3-12(2)17(20)9-13/h3-10,16H,1-2H3/b6-5+. The van der Waals surface area contributed by atoms with Crippen molar-refractivity contribution in [2.75, 3.05) is 0 Å². The van der Waals surface area contributed by atoms with Crippen molar-refractivity contribution in [1.82, 2.24) is 0 Å². The van der Waals surface area contributed by atoms with Crippen LogP contribution in [-0.2, 0) is 0 Å². The molecule has 122 valence electrons. The lowest BCUT2D eigenvalue weighted by Crippen LogP contribution is -2.19. The fraction of sp³-hybridized carbons (Fsp3) is 0.222. The number of allylic oxidation sites excluding steroid dienone is 1. The van der Waals surface area contributed by atoms with E-state index in [2.05, 4.69) is 0 Å². The smallest absolute Gasteiger partial charge is 0.207 e. The largest absolute Gasteiger partial charge is 0.399 e. The molecule has 2 rings (SSSR count). The zero-order chi connectivity index (χ0) is 17.2. The summed E-state index contributed by atoms with van der Waals surface area (Å²) < 4.78 is 53.5. The zero-order valence-electron chi connectivity index (χ0n) is 12.6. The molecule has 1 atom stereocenters. The van der Waals surface area contributed by atoms with Gasteiger partial charge in [0.25, 0.3) is 0 Å². The highest BCUT2D eigenvalue weighted by molar-refractivity contribution is 6.30. The maximum absolute atomic E-state index is 13.5. The van der Waals surface area contributed by atoms with Crippen molar-refractivity contribution in [2.45, 2.75) is 25.9 Å². The molecule has 23 heavy (non-hydrogen) atoms. The first kappa shape index (κ1) is 17.5. The Balaban J connectivity index is 2.39. The number of aryl methyl sites for hydroxylation is 2. The maximum Gasteiger partial charge on any atom is 0.399 e. The Labute approximate surface area is 137 Å². The van der Waals surface area contributed by atoms with Gasteiger partial charge in [0.1, 0.15) is 5.82 Å². The van der Waals surface area contributed by atoms with Crippen LogP contribution in [0.1, 0.15) is 28.2 Å². The molecule has 0 aliphatic rings. The van der Waals surface area contributed by atoms with E-state index in [1.54, 1.807) is 26.0 Å². The Morgan fingerprint density at radius 1 is 1.04 bits per heavy atom. The van der Waals surface area contributed by atoms with Crippen LogP contribution < -0.4 is 0 Å². The molecule has 1 unspecified atom stereocenters. The van der Waals surface area contributed by atoms with Gasteiger partial charge in [-0.1, -0.05) is 42.0 Å². The SMILES string of the molecule is Cc1cc(Cl)cc(C(/C=C/c2ccc(C)c(F)c2)C(F)(F)F)c1. The third kappa shape index (κ3) is 4.58. The van der Waals surface area contributed by atoms with Crippen molar-refractivity contribution < 1.29 is 17.6 Å². The van der Waals surface area contributed by atoms with Gasteiger partial charge >= 0.3 is 6.18 Å². The molecule has 2 aromatic rings. The van der Waals surface area contributed by atoms with Crippen LogP contribution in [0.3, 0.4) is 0 Å². The van der Waals surface area contributed by atoms with E-state index in [1.807, 2.05) is 0 Å². The Kier molecular flexibility index (Phi) is 5.15. The average molecular weight is 343 g/mol. The molecule has 0 spiro atoms. The maximum atomic E-state index is 13.5. The lowest BCUT2D eigenvalue weighted by Gasteiger charge is -2.18. The molecule has 0 saturated heterocycles. The van der Waals surface area contributed by atoms with E-state index in [1.165, 1.54) is 30.3 Å². The van der Waals surface area contributed by atoms with E-state index in [0.717, 1.165) is 6.08 Å². The second-order valence-corrected chi connectivity index (χ2v) is 5.89. The van der Waals surface area contributed by atoms with Crippen molar-refractivity contribution in [3.05, 3.63) is 75.6 Å². The molecule has 2 aromatic carbocycles. The predicted octanol–water partition coefficient (Wildman–Crippen LogP) is 6.46. The summed E-state index contributed by atoms with van der Waals surface area (Å²) >= 11 is 5.86. The Morgan fingerprint density at radius 2 is 1.74 bits per heavy atom. The van der Waals surface area contributed by atoms with E-state index in [4.69, 9.17) is 11.6 Å². The van der Waals surface area contributed by atoms with Crippen molar-refractivity contribution in [3.63, 3.8) is 0 Å². The van der Waals surface area contributed by atoms with Crippen molar-refractivity contribution in [2.24, 2.45) is 0 Å². The van der Waals surface area contributed by atoms with Crippen molar-refractivity contribution in [1.29, 1.82) is 0 Å². The van der Waals surface area contributed by atoms with Crippen LogP contribution >= 0.6 is 11.6 Å². The van der Waals surface area contributed by atoms with E-state index in [9.17, 15) is 17.6 Å². The Hall–Kier alpha value is -1.81. The molecule has 0 N–H and O–H groups in total. The van der Waals surface area contributed by atoms with Crippen molar-refractivity contribution in [3.8, 4) is 0 Å². The van der Waals surface area contributed by atoms with E-state index >= 15 is 0 Å². The molecule has 0 nitrogen and oxygen atoms in total. The van der Waals surface area contributed by atoms with Crippen LogP contribution in [0, 0.1) is 19.7 Å². The first-order valence-electron chi connectivity index (χ1n) is 6.95. The normalized spacial score (nSPS) is 13.5. The molecule has 0 radical (unpaired) electrons. The number of halogens is 5. The molecular formula is C18H15ClF4. The van der Waals surface area contributed by atoms with Gasteiger partial charge in [0.05, 0.1) is 5.92 Å². The molecule has 0 amide bonds. The second kappa shape index (κ2) is 6.75. The fourth-order valence-corrected chi connectivity index (χ4v) is 2.57. The Bertz CT molecular complexity index is 712. The van der Waals surface area contributed by atoms with Gasteiger partial charge in [-0.15, -0.1) is 0 Å².